The van der Waals surface area contributed by atoms with E-state index in [0.29, 0.717) is 12.6 Å². The van der Waals surface area contributed by atoms with Gasteiger partial charge in [-0.25, -0.2) is 0 Å². The molecule has 0 radical (unpaired) electrons. The molecule has 0 aliphatic heterocycles. The van der Waals surface area contributed by atoms with Crippen LogP contribution in [0.4, 0.5) is 5.69 Å². The lowest BCUT2D eigenvalue weighted by atomic mass is 9.93. The van der Waals surface area contributed by atoms with Crippen LogP contribution in [0.3, 0.4) is 0 Å². The highest BCUT2D eigenvalue weighted by molar-refractivity contribution is 6.30. The Morgan fingerprint density at radius 2 is 2.00 bits per heavy atom. The molecule has 0 aromatic heterocycles. The van der Waals surface area contributed by atoms with Crippen molar-refractivity contribution >= 4 is 17.3 Å². The summed E-state index contributed by atoms with van der Waals surface area (Å²) in [5, 5.41) is 0.802. The van der Waals surface area contributed by atoms with Crippen molar-refractivity contribution < 1.29 is 0 Å². The van der Waals surface area contributed by atoms with Crippen molar-refractivity contribution in [3.05, 3.63) is 28.8 Å². The van der Waals surface area contributed by atoms with Gasteiger partial charge in [-0.1, -0.05) is 36.9 Å². The molecule has 1 aliphatic carbocycles. The Balaban J connectivity index is 2.27. The highest BCUT2D eigenvalue weighted by Gasteiger charge is 2.21. The SMILES string of the molecule is CCN(c1cc(Cl)ccc1CN)C1CCCCC1. The van der Waals surface area contributed by atoms with E-state index in [0.717, 1.165) is 11.6 Å². The van der Waals surface area contributed by atoms with Crippen molar-refractivity contribution in [2.75, 3.05) is 11.4 Å². The second kappa shape index (κ2) is 6.44. The predicted molar refractivity (Wildman–Crippen MR) is 79.2 cm³/mol. The lowest BCUT2D eigenvalue weighted by Gasteiger charge is -2.36. The molecule has 2 N–H and O–H groups in total. The Morgan fingerprint density at radius 3 is 2.61 bits per heavy atom. The number of hydrogen-bond acceptors (Lipinski definition) is 2. The van der Waals surface area contributed by atoms with Gasteiger partial charge in [0.25, 0.3) is 0 Å². The van der Waals surface area contributed by atoms with Crippen molar-refractivity contribution in [1.82, 2.24) is 0 Å². The molecule has 0 bridgehead atoms. The number of halogens is 1. The van der Waals surface area contributed by atoms with Crippen LogP contribution in [-0.2, 0) is 6.54 Å². The maximum atomic E-state index is 6.15. The molecule has 1 saturated carbocycles. The molecule has 0 spiro atoms. The zero-order chi connectivity index (χ0) is 13.0. The number of hydrogen-bond donors (Lipinski definition) is 1. The topological polar surface area (TPSA) is 29.3 Å². The van der Waals surface area contributed by atoms with Gasteiger partial charge in [-0.3, -0.25) is 0 Å². The Bertz CT molecular complexity index is 386. The van der Waals surface area contributed by atoms with E-state index < -0.39 is 0 Å². The first-order valence-electron chi connectivity index (χ1n) is 7.01. The minimum Gasteiger partial charge on any atom is -0.369 e. The van der Waals surface area contributed by atoms with Crippen LogP contribution in [0, 0.1) is 0 Å². The standard InChI is InChI=1S/C15H23ClN2/c1-2-18(14-6-4-3-5-7-14)15-10-13(16)9-8-12(15)11-17/h8-10,14H,2-7,11,17H2,1H3. The molecule has 1 fully saturated rings. The van der Waals surface area contributed by atoms with Crippen molar-refractivity contribution in [3.63, 3.8) is 0 Å². The normalized spacial score (nSPS) is 16.8. The molecule has 2 rings (SSSR count). The van der Waals surface area contributed by atoms with Crippen LogP contribution in [0.2, 0.25) is 5.02 Å². The Morgan fingerprint density at radius 1 is 1.28 bits per heavy atom. The third kappa shape index (κ3) is 2.99. The van der Waals surface area contributed by atoms with E-state index in [4.69, 9.17) is 17.3 Å². The lowest BCUT2D eigenvalue weighted by molar-refractivity contribution is 0.417. The number of nitrogens with zero attached hydrogens (tertiary/aromatic N) is 1. The Kier molecular flexibility index (Phi) is 4.90. The molecule has 0 saturated heterocycles. The van der Waals surface area contributed by atoms with Gasteiger partial charge in [0.15, 0.2) is 0 Å². The summed E-state index contributed by atoms with van der Waals surface area (Å²) in [6, 6.07) is 6.72. The minimum absolute atomic E-state index is 0.579. The number of anilines is 1. The van der Waals surface area contributed by atoms with Crippen molar-refractivity contribution in [2.24, 2.45) is 5.73 Å². The quantitative estimate of drug-likeness (QED) is 0.894. The summed E-state index contributed by atoms with van der Waals surface area (Å²) >= 11 is 6.15. The zero-order valence-electron chi connectivity index (χ0n) is 11.2. The first-order valence-corrected chi connectivity index (χ1v) is 7.39. The number of rotatable bonds is 4. The second-order valence-electron chi connectivity index (χ2n) is 5.06. The van der Waals surface area contributed by atoms with Gasteiger partial charge < -0.3 is 10.6 Å². The summed E-state index contributed by atoms with van der Waals surface area (Å²) < 4.78 is 0. The molecular weight excluding hydrogens is 244 g/mol. The van der Waals surface area contributed by atoms with Crippen molar-refractivity contribution in [1.29, 1.82) is 0 Å². The van der Waals surface area contributed by atoms with E-state index in [9.17, 15) is 0 Å². The Hall–Kier alpha value is -0.730. The van der Waals surface area contributed by atoms with Crippen LogP contribution in [0.5, 0.6) is 0 Å². The molecule has 0 heterocycles. The van der Waals surface area contributed by atoms with Gasteiger partial charge in [-0.2, -0.15) is 0 Å². The summed E-state index contributed by atoms with van der Waals surface area (Å²) in [7, 11) is 0. The van der Waals surface area contributed by atoms with Crippen LogP contribution < -0.4 is 10.6 Å². The molecule has 0 unspecified atom stereocenters. The molecule has 2 nitrogen and oxygen atoms in total. The third-order valence-corrected chi connectivity index (χ3v) is 4.17. The average molecular weight is 267 g/mol. The summed E-state index contributed by atoms with van der Waals surface area (Å²) in [4.78, 5) is 2.49. The summed E-state index contributed by atoms with van der Waals surface area (Å²) in [5.41, 5.74) is 8.29. The predicted octanol–water partition coefficient (Wildman–Crippen LogP) is 3.96. The van der Waals surface area contributed by atoms with E-state index in [1.807, 2.05) is 6.07 Å². The van der Waals surface area contributed by atoms with E-state index in [1.165, 1.54) is 43.4 Å². The summed E-state index contributed by atoms with van der Waals surface area (Å²) in [6.07, 6.45) is 6.67. The third-order valence-electron chi connectivity index (χ3n) is 3.93. The van der Waals surface area contributed by atoms with E-state index in [2.05, 4.69) is 24.0 Å². The fourth-order valence-corrected chi connectivity index (χ4v) is 3.16. The monoisotopic (exact) mass is 266 g/mol. The molecule has 100 valence electrons. The lowest BCUT2D eigenvalue weighted by Crippen LogP contribution is -2.37. The van der Waals surface area contributed by atoms with Crippen LogP contribution in [0.1, 0.15) is 44.6 Å². The maximum Gasteiger partial charge on any atom is 0.0429 e. The summed E-state index contributed by atoms with van der Waals surface area (Å²) in [6.45, 7) is 3.82. The van der Waals surface area contributed by atoms with Gasteiger partial charge in [-0.15, -0.1) is 0 Å². The van der Waals surface area contributed by atoms with Crippen LogP contribution in [-0.4, -0.2) is 12.6 Å². The molecule has 3 heteroatoms. The number of nitrogens with two attached hydrogens (primary N) is 1. The van der Waals surface area contributed by atoms with Gasteiger partial charge in [0.1, 0.15) is 0 Å². The largest absolute Gasteiger partial charge is 0.369 e. The first kappa shape index (κ1) is 13.7. The molecule has 18 heavy (non-hydrogen) atoms. The molecule has 1 aliphatic rings. The molecule has 1 aromatic rings. The molecule has 0 atom stereocenters. The zero-order valence-corrected chi connectivity index (χ0v) is 11.9. The second-order valence-corrected chi connectivity index (χ2v) is 5.49. The summed E-state index contributed by atoms with van der Waals surface area (Å²) in [5.74, 6) is 0. The first-order chi connectivity index (χ1) is 8.76. The number of benzene rings is 1. The fraction of sp³-hybridized carbons (Fsp3) is 0.600. The average Bonchev–Trinajstić information content (AvgIpc) is 2.41. The van der Waals surface area contributed by atoms with E-state index in [-0.39, 0.29) is 0 Å². The van der Waals surface area contributed by atoms with Crippen molar-refractivity contribution in [2.45, 2.75) is 51.6 Å². The van der Waals surface area contributed by atoms with Gasteiger partial charge in [0.2, 0.25) is 0 Å². The molecule has 1 aromatic carbocycles. The highest BCUT2D eigenvalue weighted by Crippen LogP contribution is 2.31. The smallest absolute Gasteiger partial charge is 0.0429 e. The van der Waals surface area contributed by atoms with E-state index >= 15 is 0 Å². The van der Waals surface area contributed by atoms with Gasteiger partial charge in [-0.05, 0) is 37.5 Å². The molecule has 0 amide bonds. The fourth-order valence-electron chi connectivity index (χ4n) is 2.99. The van der Waals surface area contributed by atoms with Crippen LogP contribution >= 0.6 is 11.6 Å². The van der Waals surface area contributed by atoms with Crippen molar-refractivity contribution in [3.8, 4) is 0 Å². The van der Waals surface area contributed by atoms with Gasteiger partial charge in [0.05, 0.1) is 0 Å². The maximum absolute atomic E-state index is 6.15. The Labute approximate surface area is 115 Å². The van der Waals surface area contributed by atoms with Gasteiger partial charge >= 0.3 is 0 Å². The van der Waals surface area contributed by atoms with Crippen LogP contribution in [0.15, 0.2) is 18.2 Å². The van der Waals surface area contributed by atoms with Crippen LogP contribution in [0.25, 0.3) is 0 Å². The molecular formula is C15H23ClN2. The highest BCUT2D eigenvalue weighted by atomic mass is 35.5. The minimum atomic E-state index is 0.579. The van der Waals surface area contributed by atoms with Gasteiger partial charge in [0, 0.05) is 29.8 Å². The van der Waals surface area contributed by atoms with E-state index in [1.54, 1.807) is 0 Å².